The number of benzene rings is 2. The largest absolute Gasteiger partial charge is 0.511 e. The summed E-state index contributed by atoms with van der Waals surface area (Å²) < 4.78 is 36.9. The molecule has 0 fully saturated rings. The predicted molar refractivity (Wildman–Crippen MR) is 73.3 cm³/mol. The van der Waals surface area contributed by atoms with Crippen molar-refractivity contribution in [3.63, 3.8) is 0 Å². The summed E-state index contributed by atoms with van der Waals surface area (Å²) in [7, 11) is 0. The van der Waals surface area contributed by atoms with Gasteiger partial charge in [0.15, 0.2) is 23.5 Å². The first-order valence-corrected chi connectivity index (χ1v) is 6.37. The molecule has 0 amide bonds. The smallest absolute Gasteiger partial charge is 0.477 e. The van der Waals surface area contributed by atoms with E-state index in [1.807, 2.05) is 0 Å². The topological polar surface area (TPSA) is 55.8 Å². The van der Waals surface area contributed by atoms with Gasteiger partial charge in [0.25, 0.3) is 0 Å². The summed E-state index contributed by atoms with van der Waals surface area (Å²) in [5, 5.41) is 8.82. The predicted octanol–water partition coefficient (Wildman–Crippen LogP) is 4.13. The Hall–Kier alpha value is -2.89. The zero-order valence-electron chi connectivity index (χ0n) is 11.1. The first-order valence-electron chi connectivity index (χ1n) is 6.37. The molecule has 0 saturated carbocycles. The maximum absolute atomic E-state index is 13.4. The van der Waals surface area contributed by atoms with E-state index in [1.54, 1.807) is 24.3 Å². The molecule has 0 spiro atoms. The Bertz CT molecular complexity index is 770. The Labute approximate surface area is 124 Å². The van der Waals surface area contributed by atoms with Crippen LogP contribution in [-0.4, -0.2) is 11.3 Å². The number of halogens is 2. The molecule has 1 aliphatic rings. The van der Waals surface area contributed by atoms with E-state index in [-0.39, 0.29) is 11.3 Å². The Kier molecular flexibility index (Phi) is 3.50. The lowest BCUT2D eigenvalue weighted by molar-refractivity contribution is 0.0899. The lowest BCUT2D eigenvalue weighted by Gasteiger charge is -2.26. The third kappa shape index (κ3) is 2.63. The van der Waals surface area contributed by atoms with E-state index in [2.05, 4.69) is 0 Å². The normalized spacial score (nSPS) is 16.3. The molecule has 0 saturated heterocycles. The molecule has 3 rings (SSSR count). The van der Waals surface area contributed by atoms with Crippen LogP contribution < -0.4 is 4.74 Å². The van der Waals surface area contributed by atoms with Crippen molar-refractivity contribution < 1.29 is 28.2 Å². The second-order valence-electron chi connectivity index (χ2n) is 4.62. The second-order valence-corrected chi connectivity index (χ2v) is 4.62. The molecule has 2 aromatic carbocycles. The van der Waals surface area contributed by atoms with Crippen molar-refractivity contribution in [1.82, 2.24) is 0 Å². The number of hydrogen-bond donors (Lipinski definition) is 1. The van der Waals surface area contributed by atoms with E-state index in [0.29, 0.717) is 11.3 Å². The van der Waals surface area contributed by atoms with Crippen molar-refractivity contribution in [2.24, 2.45) is 0 Å². The monoisotopic (exact) mass is 304 g/mol. The van der Waals surface area contributed by atoms with E-state index < -0.39 is 23.9 Å². The molecule has 1 unspecified atom stereocenters. The van der Waals surface area contributed by atoms with Crippen LogP contribution in [-0.2, 0) is 4.74 Å². The lowest BCUT2D eigenvalue weighted by atomic mass is 10.0. The van der Waals surface area contributed by atoms with Gasteiger partial charge in [-0.15, -0.1) is 0 Å². The van der Waals surface area contributed by atoms with Crippen LogP contribution in [0.3, 0.4) is 0 Å². The Morgan fingerprint density at radius 3 is 2.64 bits per heavy atom. The van der Waals surface area contributed by atoms with Crippen LogP contribution in [0.2, 0.25) is 0 Å². The van der Waals surface area contributed by atoms with Crippen LogP contribution in [0.4, 0.5) is 13.6 Å². The maximum Gasteiger partial charge on any atom is 0.511 e. The third-order valence-electron chi connectivity index (χ3n) is 3.17. The SMILES string of the molecule is O=C(O)OC1=Cc2ccccc2OC1c1ccc(F)c(F)c1. The fourth-order valence-corrected chi connectivity index (χ4v) is 2.21. The van der Waals surface area contributed by atoms with Gasteiger partial charge in [-0.25, -0.2) is 13.6 Å². The van der Waals surface area contributed by atoms with Crippen LogP contribution in [0.25, 0.3) is 6.08 Å². The van der Waals surface area contributed by atoms with Gasteiger partial charge < -0.3 is 14.6 Å². The highest BCUT2D eigenvalue weighted by Gasteiger charge is 2.28. The molecule has 0 radical (unpaired) electrons. The fourth-order valence-electron chi connectivity index (χ4n) is 2.21. The third-order valence-corrected chi connectivity index (χ3v) is 3.17. The minimum Gasteiger partial charge on any atom is -0.477 e. The van der Waals surface area contributed by atoms with Gasteiger partial charge in [-0.3, -0.25) is 0 Å². The Morgan fingerprint density at radius 2 is 1.91 bits per heavy atom. The van der Waals surface area contributed by atoms with Crippen LogP contribution in [0, 0.1) is 11.6 Å². The van der Waals surface area contributed by atoms with E-state index in [1.165, 1.54) is 12.1 Å². The molecule has 112 valence electrons. The molecule has 1 N–H and O–H groups in total. The van der Waals surface area contributed by atoms with Gasteiger partial charge >= 0.3 is 6.16 Å². The van der Waals surface area contributed by atoms with Crippen LogP contribution in [0.15, 0.2) is 48.2 Å². The lowest BCUT2D eigenvalue weighted by Crippen LogP contribution is -2.18. The van der Waals surface area contributed by atoms with Gasteiger partial charge in [0.1, 0.15) is 5.75 Å². The molecule has 6 heteroatoms. The molecule has 2 aromatic rings. The molecular weight excluding hydrogens is 294 g/mol. The number of para-hydroxylation sites is 1. The number of carboxylic acid groups (broad SMARTS) is 1. The molecule has 1 aliphatic heterocycles. The first-order chi connectivity index (χ1) is 10.5. The quantitative estimate of drug-likeness (QED) is 0.847. The maximum atomic E-state index is 13.4. The van der Waals surface area contributed by atoms with E-state index in [4.69, 9.17) is 14.6 Å². The number of rotatable bonds is 2. The zero-order valence-corrected chi connectivity index (χ0v) is 11.1. The minimum absolute atomic E-state index is 0.0165. The van der Waals surface area contributed by atoms with Gasteiger partial charge in [0.05, 0.1) is 0 Å². The van der Waals surface area contributed by atoms with Crippen molar-refractivity contribution in [2.45, 2.75) is 6.10 Å². The molecule has 1 heterocycles. The van der Waals surface area contributed by atoms with E-state index in [0.717, 1.165) is 12.1 Å². The molecule has 1 atom stereocenters. The zero-order chi connectivity index (χ0) is 15.7. The standard InChI is InChI=1S/C16H10F2O4/c17-11-6-5-10(7-12(11)18)15-14(22-16(19)20)8-9-3-1-2-4-13(9)21-15/h1-8,15H,(H,19,20). The number of fused-ring (bicyclic) bond motifs is 1. The molecule has 22 heavy (non-hydrogen) atoms. The van der Waals surface area contributed by atoms with E-state index >= 15 is 0 Å². The summed E-state index contributed by atoms with van der Waals surface area (Å²) in [5.74, 6) is -1.56. The fraction of sp³-hybridized carbons (Fsp3) is 0.0625. The summed E-state index contributed by atoms with van der Waals surface area (Å²) in [5.41, 5.74) is 0.887. The Balaban J connectivity index is 2.05. The molecule has 0 aromatic heterocycles. The average molecular weight is 304 g/mol. The highest BCUT2D eigenvalue weighted by Crippen LogP contribution is 2.38. The summed E-state index contributed by atoms with van der Waals surface area (Å²) in [6.45, 7) is 0. The highest BCUT2D eigenvalue weighted by atomic mass is 19.2. The van der Waals surface area contributed by atoms with Gasteiger partial charge in [0, 0.05) is 11.1 Å². The molecular formula is C16H10F2O4. The van der Waals surface area contributed by atoms with Crippen LogP contribution in [0.1, 0.15) is 17.2 Å². The van der Waals surface area contributed by atoms with Crippen molar-refractivity contribution >= 4 is 12.2 Å². The van der Waals surface area contributed by atoms with Crippen LogP contribution >= 0.6 is 0 Å². The Morgan fingerprint density at radius 1 is 1.14 bits per heavy atom. The summed E-state index contributed by atoms with van der Waals surface area (Å²) in [4.78, 5) is 10.8. The summed E-state index contributed by atoms with van der Waals surface area (Å²) >= 11 is 0. The number of carbonyl (C=O) groups is 1. The second kappa shape index (κ2) is 5.48. The van der Waals surface area contributed by atoms with Gasteiger partial charge in [0.2, 0.25) is 0 Å². The van der Waals surface area contributed by atoms with Gasteiger partial charge in [-0.05, 0) is 24.3 Å². The van der Waals surface area contributed by atoms with E-state index in [9.17, 15) is 13.6 Å². The van der Waals surface area contributed by atoms with Crippen molar-refractivity contribution in [3.05, 3.63) is 71.0 Å². The number of hydrogen-bond acceptors (Lipinski definition) is 3. The average Bonchev–Trinajstić information content (AvgIpc) is 2.49. The van der Waals surface area contributed by atoms with Crippen LogP contribution in [0.5, 0.6) is 5.75 Å². The van der Waals surface area contributed by atoms with Gasteiger partial charge in [-0.1, -0.05) is 24.3 Å². The summed E-state index contributed by atoms with van der Waals surface area (Å²) in [6, 6.07) is 10.1. The van der Waals surface area contributed by atoms with Gasteiger partial charge in [-0.2, -0.15) is 0 Å². The molecule has 0 bridgehead atoms. The minimum atomic E-state index is -1.51. The van der Waals surface area contributed by atoms with Crippen molar-refractivity contribution in [2.75, 3.05) is 0 Å². The highest BCUT2D eigenvalue weighted by molar-refractivity contribution is 5.67. The molecule has 4 nitrogen and oxygen atoms in total. The number of ether oxygens (including phenoxy) is 2. The first kappa shape index (κ1) is 14.1. The van der Waals surface area contributed by atoms with Crippen molar-refractivity contribution in [3.8, 4) is 5.75 Å². The summed E-state index contributed by atoms with van der Waals surface area (Å²) in [6.07, 6.45) is -0.985. The molecule has 0 aliphatic carbocycles. The van der Waals surface area contributed by atoms with Crippen molar-refractivity contribution in [1.29, 1.82) is 0 Å².